The van der Waals surface area contributed by atoms with Crippen molar-refractivity contribution in [3.05, 3.63) is 54.0 Å². The van der Waals surface area contributed by atoms with Crippen molar-refractivity contribution in [3.63, 3.8) is 0 Å². The summed E-state index contributed by atoms with van der Waals surface area (Å²) in [4.78, 5) is 36.4. The van der Waals surface area contributed by atoms with Crippen molar-refractivity contribution in [2.24, 2.45) is 0 Å². The lowest BCUT2D eigenvalue weighted by atomic mass is 10.2. The van der Waals surface area contributed by atoms with Gasteiger partial charge < -0.3 is 10.2 Å². The van der Waals surface area contributed by atoms with Crippen molar-refractivity contribution in [1.82, 2.24) is 20.2 Å². The molecule has 2 aliphatic rings. The summed E-state index contributed by atoms with van der Waals surface area (Å²) in [6.45, 7) is 1.83. The van der Waals surface area contributed by atoms with Crippen LogP contribution < -0.4 is 10.2 Å². The first-order valence-electron chi connectivity index (χ1n) is 8.43. The number of hydrogen-bond acceptors (Lipinski definition) is 4. The van der Waals surface area contributed by atoms with Crippen molar-refractivity contribution in [2.75, 3.05) is 18.0 Å². The van der Waals surface area contributed by atoms with Crippen LogP contribution in [0.4, 0.5) is 10.6 Å². The molecule has 1 aliphatic carbocycles. The van der Waals surface area contributed by atoms with E-state index in [1.165, 1.54) is 6.20 Å². The normalized spacial score (nSPS) is 17.0. The van der Waals surface area contributed by atoms with Gasteiger partial charge in [-0.05, 0) is 36.6 Å². The number of aromatic nitrogens is 2. The number of urea groups is 1. The zero-order valence-corrected chi connectivity index (χ0v) is 13.8. The monoisotopic (exact) mass is 337 g/mol. The van der Waals surface area contributed by atoms with Gasteiger partial charge in [-0.3, -0.25) is 14.7 Å². The summed E-state index contributed by atoms with van der Waals surface area (Å²) in [7, 11) is 0. The van der Waals surface area contributed by atoms with Gasteiger partial charge in [0.2, 0.25) is 0 Å². The number of nitrogens with one attached hydrogen (secondary N) is 1. The van der Waals surface area contributed by atoms with E-state index in [9.17, 15) is 9.59 Å². The Kier molecular flexibility index (Phi) is 4.05. The molecular weight excluding hydrogens is 318 g/mol. The van der Waals surface area contributed by atoms with Crippen LogP contribution in [-0.2, 0) is 6.54 Å². The molecule has 0 unspecified atom stereocenters. The second kappa shape index (κ2) is 6.51. The second-order valence-electron chi connectivity index (χ2n) is 6.31. The summed E-state index contributed by atoms with van der Waals surface area (Å²) in [6, 6.07) is 7.64. The number of nitrogens with zero attached hydrogens (tertiary/aromatic N) is 4. The Morgan fingerprint density at radius 3 is 2.76 bits per heavy atom. The molecule has 1 N–H and O–H groups in total. The highest BCUT2D eigenvalue weighted by Crippen LogP contribution is 2.31. The maximum Gasteiger partial charge on any atom is 0.326 e. The van der Waals surface area contributed by atoms with E-state index in [1.54, 1.807) is 29.4 Å². The molecule has 25 heavy (non-hydrogen) atoms. The Balaban J connectivity index is 1.36. The summed E-state index contributed by atoms with van der Waals surface area (Å²) in [5, 5.41) is 2.84. The molecule has 1 saturated heterocycles. The van der Waals surface area contributed by atoms with Crippen LogP contribution in [0.25, 0.3) is 0 Å². The molecule has 0 aromatic carbocycles. The molecule has 0 bridgehead atoms. The third-order valence-corrected chi connectivity index (χ3v) is 4.49. The van der Waals surface area contributed by atoms with Crippen LogP contribution >= 0.6 is 0 Å². The van der Waals surface area contributed by atoms with Gasteiger partial charge in [0.15, 0.2) is 0 Å². The minimum Gasteiger partial charge on any atom is -0.348 e. The zero-order chi connectivity index (χ0) is 17.2. The molecule has 2 fully saturated rings. The highest BCUT2D eigenvalue weighted by molar-refractivity contribution is 5.94. The summed E-state index contributed by atoms with van der Waals surface area (Å²) < 4.78 is 0. The summed E-state index contributed by atoms with van der Waals surface area (Å²) in [5.41, 5.74) is 1.40. The van der Waals surface area contributed by atoms with Gasteiger partial charge in [0.25, 0.3) is 5.91 Å². The smallest absolute Gasteiger partial charge is 0.326 e. The molecule has 0 radical (unpaired) electrons. The van der Waals surface area contributed by atoms with Gasteiger partial charge in [-0.1, -0.05) is 6.07 Å². The lowest BCUT2D eigenvalue weighted by molar-refractivity contribution is 0.0950. The largest absolute Gasteiger partial charge is 0.348 e. The Bertz CT molecular complexity index is 774. The van der Waals surface area contributed by atoms with Crippen molar-refractivity contribution in [3.8, 4) is 0 Å². The number of carbonyl (C=O) groups excluding carboxylic acids is 2. The van der Waals surface area contributed by atoms with Crippen molar-refractivity contribution in [2.45, 2.75) is 25.4 Å². The van der Waals surface area contributed by atoms with Crippen LogP contribution in [0.2, 0.25) is 0 Å². The van der Waals surface area contributed by atoms with Crippen LogP contribution in [-0.4, -0.2) is 45.9 Å². The van der Waals surface area contributed by atoms with E-state index in [2.05, 4.69) is 15.3 Å². The molecule has 0 spiro atoms. The molecule has 3 heterocycles. The standard InChI is InChI=1S/C18H19N5O2/c24-17(14-2-1-7-19-12-14)21-11-13-3-6-16(20-10-13)23-9-8-22(18(23)25)15-4-5-15/h1-3,6-7,10,12,15H,4-5,8-9,11H2,(H,21,24). The van der Waals surface area contributed by atoms with Gasteiger partial charge in [-0.2, -0.15) is 0 Å². The summed E-state index contributed by atoms with van der Waals surface area (Å²) in [5.74, 6) is 0.488. The average molecular weight is 337 g/mol. The van der Waals surface area contributed by atoms with Gasteiger partial charge in [-0.15, -0.1) is 0 Å². The minimum atomic E-state index is -0.174. The number of pyridine rings is 2. The van der Waals surface area contributed by atoms with Gasteiger partial charge in [0.1, 0.15) is 5.82 Å². The van der Waals surface area contributed by atoms with Gasteiger partial charge in [0.05, 0.1) is 5.56 Å². The molecule has 1 aliphatic heterocycles. The van der Waals surface area contributed by atoms with Crippen molar-refractivity contribution in [1.29, 1.82) is 0 Å². The zero-order valence-electron chi connectivity index (χ0n) is 13.8. The average Bonchev–Trinajstić information content (AvgIpc) is 3.43. The van der Waals surface area contributed by atoms with Gasteiger partial charge in [-0.25, -0.2) is 9.78 Å². The van der Waals surface area contributed by atoms with Crippen LogP contribution in [0.3, 0.4) is 0 Å². The minimum absolute atomic E-state index is 0.0487. The highest BCUT2D eigenvalue weighted by Gasteiger charge is 2.39. The SMILES string of the molecule is O=C(NCc1ccc(N2CCN(C3CC3)C2=O)nc1)c1cccnc1. The fourth-order valence-electron chi connectivity index (χ4n) is 2.95. The number of amides is 3. The topological polar surface area (TPSA) is 78.4 Å². The third-order valence-electron chi connectivity index (χ3n) is 4.49. The highest BCUT2D eigenvalue weighted by atomic mass is 16.2. The fraction of sp³-hybridized carbons (Fsp3) is 0.333. The molecule has 7 nitrogen and oxygen atoms in total. The molecule has 7 heteroatoms. The number of anilines is 1. The van der Waals surface area contributed by atoms with Crippen molar-refractivity contribution < 1.29 is 9.59 Å². The quantitative estimate of drug-likeness (QED) is 0.902. The van der Waals surface area contributed by atoms with E-state index in [-0.39, 0.29) is 11.9 Å². The Morgan fingerprint density at radius 2 is 2.08 bits per heavy atom. The molecule has 128 valence electrons. The van der Waals surface area contributed by atoms with Crippen molar-refractivity contribution >= 4 is 17.8 Å². The van der Waals surface area contributed by atoms with E-state index in [0.29, 0.717) is 30.5 Å². The van der Waals surface area contributed by atoms with Crippen LogP contribution in [0, 0.1) is 0 Å². The van der Waals surface area contributed by atoms with E-state index in [1.807, 2.05) is 17.0 Å². The Hall–Kier alpha value is -2.96. The molecule has 2 aromatic heterocycles. The van der Waals surface area contributed by atoms with Gasteiger partial charge >= 0.3 is 6.03 Å². The van der Waals surface area contributed by atoms with Crippen LogP contribution in [0.5, 0.6) is 0 Å². The first kappa shape index (κ1) is 15.6. The predicted octanol–water partition coefficient (Wildman–Crippen LogP) is 1.81. The van der Waals surface area contributed by atoms with Crippen LogP contribution in [0.1, 0.15) is 28.8 Å². The van der Waals surface area contributed by atoms with E-state index >= 15 is 0 Å². The lowest BCUT2D eigenvalue weighted by Gasteiger charge is -2.17. The molecule has 4 rings (SSSR count). The molecule has 0 atom stereocenters. The number of carbonyl (C=O) groups is 2. The van der Waals surface area contributed by atoms with E-state index in [0.717, 1.165) is 24.9 Å². The third kappa shape index (κ3) is 3.31. The first-order chi connectivity index (χ1) is 12.2. The molecule has 3 amide bonds. The first-order valence-corrected chi connectivity index (χ1v) is 8.43. The van der Waals surface area contributed by atoms with Gasteiger partial charge in [0, 0.05) is 44.3 Å². The van der Waals surface area contributed by atoms with Crippen LogP contribution in [0.15, 0.2) is 42.9 Å². The Morgan fingerprint density at radius 1 is 1.20 bits per heavy atom. The maximum atomic E-state index is 12.4. The van der Waals surface area contributed by atoms with E-state index in [4.69, 9.17) is 0 Å². The molecular formula is C18H19N5O2. The number of hydrogen-bond donors (Lipinski definition) is 1. The van der Waals surface area contributed by atoms with E-state index < -0.39 is 0 Å². The molecule has 1 saturated carbocycles. The second-order valence-corrected chi connectivity index (χ2v) is 6.31. The maximum absolute atomic E-state index is 12.4. The summed E-state index contributed by atoms with van der Waals surface area (Å²) in [6.07, 6.45) is 7.09. The predicted molar refractivity (Wildman–Crippen MR) is 92.1 cm³/mol. The fourth-order valence-corrected chi connectivity index (χ4v) is 2.95. The molecule has 2 aromatic rings. The summed E-state index contributed by atoms with van der Waals surface area (Å²) >= 11 is 0. The lowest BCUT2D eigenvalue weighted by Crippen LogP contribution is -2.33. The number of rotatable bonds is 5. The Labute approximate surface area is 145 Å².